The topological polar surface area (TPSA) is 17.1 Å². The van der Waals surface area contributed by atoms with Crippen molar-refractivity contribution >= 4 is 5.78 Å². The molecule has 0 rings (SSSR count). The van der Waals surface area contributed by atoms with Gasteiger partial charge in [0.15, 0.2) is 5.78 Å². The molecule has 21 heavy (non-hydrogen) atoms. The number of carbonyl (C=O) groups is 1. The van der Waals surface area contributed by atoms with Crippen molar-refractivity contribution < 1.29 is 4.79 Å². The highest BCUT2D eigenvalue weighted by molar-refractivity contribution is 5.88. The fourth-order valence-corrected chi connectivity index (χ4v) is 2.75. The van der Waals surface area contributed by atoms with Crippen LogP contribution in [-0.2, 0) is 4.79 Å². The molecule has 1 radical (unpaired) electrons. The second-order valence-electron chi connectivity index (χ2n) is 6.33. The van der Waals surface area contributed by atoms with Crippen molar-refractivity contribution in [2.75, 3.05) is 0 Å². The summed E-state index contributed by atoms with van der Waals surface area (Å²) in [4.78, 5) is 11.0. The van der Waals surface area contributed by atoms with Gasteiger partial charge in [-0.05, 0) is 12.5 Å². The van der Waals surface area contributed by atoms with Crippen molar-refractivity contribution in [1.29, 1.82) is 0 Å². The zero-order valence-corrected chi connectivity index (χ0v) is 14.4. The highest BCUT2D eigenvalue weighted by Crippen LogP contribution is 2.13. The molecule has 0 heterocycles. The molecule has 0 atom stereocenters. The van der Waals surface area contributed by atoms with Crippen LogP contribution in [0, 0.1) is 6.58 Å². The van der Waals surface area contributed by atoms with Crippen LogP contribution < -0.4 is 0 Å². The van der Waals surface area contributed by atoms with Gasteiger partial charge in [0.25, 0.3) is 0 Å². The van der Waals surface area contributed by atoms with Crippen molar-refractivity contribution in [2.45, 2.75) is 110 Å². The fourth-order valence-electron chi connectivity index (χ4n) is 2.75. The highest BCUT2D eigenvalue weighted by atomic mass is 16.1. The summed E-state index contributed by atoms with van der Waals surface area (Å²) < 4.78 is 0. The van der Waals surface area contributed by atoms with E-state index in [-0.39, 0.29) is 5.78 Å². The van der Waals surface area contributed by atoms with Gasteiger partial charge in [-0.15, -0.1) is 0 Å². The van der Waals surface area contributed by atoms with Crippen molar-refractivity contribution in [2.24, 2.45) is 0 Å². The number of rotatable bonds is 17. The van der Waals surface area contributed by atoms with E-state index in [0.717, 1.165) is 6.42 Å². The molecular formula is C20H37O. The molecule has 0 unspecified atom stereocenters. The Morgan fingerprint density at radius 2 is 1.00 bits per heavy atom. The Morgan fingerprint density at radius 1 is 0.667 bits per heavy atom. The average Bonchev–Trinajstić information content (AvgIpc) is 2.50. The largest absolute Gasteiger partial charge is 0.295 e. The molecule has 0 fully saturated rings. The zero-order valence-electron chi connectivity index (χ0n) is 14.4. The SMILES string of the molecule is [CH]=CC(=O)CCCCCCCCCCCCCCCCC. The minimum absolute atomic E-state index is 0.0877. The molecule has 0 aliphatic carbocycles. The van der Waals surface area contributed by atoms with Crippen LogP contribution in [0.3, 0.4) is 0 Å². The van der Waals surface area contributed by atoms with Crippen molar-refractivity contribution in [3.8, 4) is 0 Å². The number of hydrogen-bond donors (Lipinski definition) is 0. The number of allylic oxidation sites excluding steroid dienone is 1. The first-order valence-electron chi connectivity index (χ1n) is 9.39. The summed E-state index contributed by atoms with van der Waals surface area (Å²) in [5.74, 6) is 0.0877. The average molecular weight is 294 g/mol. The molecule has 0 aromatic rings. The van der Waals surface area contributed by atoms with Crippen LogP contribution >= 0.6 is 0 Å². The molecule has 0 aliphatic heterocycles. The van der Waals surface area contributed by atoms with E-state index in [0.29, 0.717) is 6.42 Å². The van der Waals surface area contributed by atoms with Gasteiger partial charge in [-0.3, -0.25) is 4.79 Å². The summed E-state index contributed by atoms with van der Waals surface area (Å²) >= 11 is 0. The fraction of sp³-hybridized carbons (Fsp3) is 0.850. The Balaban J connectivity index is 2.99. The van der Waals surface area contributed by atoms with E-state index in [1.54, 1.807) is 0 Å². The third-order valence-electron chi connectivity index (χ3n) is 4.21. The number of carbonyl (C=O) groups excluding carboxylic acids is 1. The van der Waals surface area contributed by atoms with Crippen molar-refractivity contribution in [3.05, 3.63) is 12.7 Å². The maximum atomic E-state index is 11.0. The van der Waals surface area contributed by atoms with Crippen LogP contribution in [-0.4, -0.2) is 5.78 Å². The third kappa shape index (κ3) is 17.4. The molecule has 1 heteroatoms. The predicted octanol–water partition coefficient (Wildman–Crippen LogP) is 6.81. The Bertz CT molecular complexity index is 232. The smallest absolute Gasteiger partial charge is 0.155 e. The standard InChI is InChI=1S/C20H37O/c1-3-5-6-7-8-9-10-11-12-13-14-15-16-17-18-19-20(21)4-2/h2,4H,3,5-19H2,1H3. The van der Waals surface area contributed by atoms with Crippen molar-refractivity contribution in [1.82, 2.24) is 0 Å². The van der Waals surface area contributed by atoms with Gasteiger partial charge in [-0.1, -0.05) is 103 Å². The second-order valence-corrected chi connectivity index (χ2v) is 6.33. The lowest BCUT2D eigenvalue weighted by molar-refractivity contribution is -0.114. The van der Waals surface area contributed by atoms with Crippen LogP contribution in [0.15, 0.2) is 6.08 Å². The molecule has 0 saturated carbocycles. The van der Waals surface area contributed by atoms with Crippen LogP contribution in [0.25, 0.3) is 0 Å². The van der Waals surface area contributed by atoms with E-state index < -0.39 is 0 Å². The minimum atomic E-state index is 0.0877. The predicted molar refractivity (Wildman–Crippen MR) is 93.4 cm³/mol. The normalized spacial score (nSPS) is 10.7. The van der Waals surface area contributed by atoms with Gasteiger partial charge in [0.2, 0.25) is 0 Å². The molecular weight excluding hydrogens is 256 g/mol. The maximum absolute atomic E-state index is 11.0. The Hall–Kier alpha value is -0.590. The lowest BCUT2D eigenvalue weighted by atomic mass is 10.0. The Labute approximate surface area is 133 Å². The first kappa shape index (κ1) is 20.4. The monoisotopic (exact) mass is 293 g/mol. The Kier molecular flexibility index (Phi) is 17.0. The molecule has 0 aromatic carbocycles. The lowest BCUT2D eigenvalue weighted by Gasteiger charge is -2.03. The molecule has 0 aromatic heterocycles. The van der Waals surface area contributed by atoms with Crippen LogP contribution in [0.2, 0.25) is 0 Å². The van der Waals surface area contributed by atoms with E-state index in [1.807, 2.05) is 0 Å². The Morgan fingerprint density at radius 3 is 1.33 bits per heavy atom. The van der Waals surface area contributed by atoms with Crippen LogP contribution in [0.5, 0.6) is 0 Å². The van der Waals surface area contributed by atoms with Crippen LogP contribution in [0.1, 0.15) is 110 Å². The molecule has 0 amide bonds. The highest BCUT2D eigenvalue weighted by Gasteiger charge is 1.96. The summed E-state index contributed by atoms with van der Waals surface area (Å²) in [6.45, 7) is 7.43. The molecule has 0 spiro atoms. The van der Waals surface area contributed by atoms with E-state index in [4.69, 9.17) is 6.58 Å². The van der Waals surface area contributed by atoms with E-state index >= 15 is 0 Å². The van der Waals surface area contributed by atoms with Gasteiger partial charge in [0, 0.05) is 6.42 Å². The van der Waals surface area contributed by atoms with Gasteiger partial charge in [0.1, 0.15) is 0 Å². The number of hydrogen-bond acceptors (Lipinski definition) is 1. The zero-order chi connectivity index (χ0) is 15.6. The molecule has 123 valence electrons. The van der Waals surface area contributed by atoms with Crippen molar-refractivity contribution in [3.63, 3.8) is 0 Å². The molecule has 1 nitrogen and oxygen atoms in total. The summed E-state index contributed by atoms with van der Waals surface area (Å²) in [7, 11) is 0. The second kappa shape index (κ2) is 17.5. The quantitative estimate of drug-likeness (QED) is 0.213. The molecule has 0 N–H and O–H groups in total. The van der Waals surface area contributed by atoms with E-state index in [9.17, 15) is 4.79 Å². The number of ketones is 1. The minimum Gasteiger partial charge on any atom is -0.295 e. The van der Waals surface area contributed by atoms with Gasteiger partial charge in [-0.25, -0.2) is 0 Å². The summed E-state index contributed by atoms with van der Waals surface area (Å²) in [5.41, 5.74) is 0. The molecule has 0 saturated heterocycles. The van der Waals surface area contributed by atoms with Gasteiger partial charge in [-0.2, -0.15) is 0 Å². The van der Waals surface area contributed by atoms with E-state index in [1.165, 1.54) is 96.0 Å². The third-order valence-corrected chi connectivity index (χ3v) is 4.21. The maximum Gasteiger partial charge on any atom is 0.155 e. The van der Waals surface area contributed by atoms with Crippen LogP contribution in [0.4, 0.5) is 0 Å². The van der Waals surface area contributed by atoms with Gasteiger partial charge < -0.3 is 0 Å². The summed E-state index contributed by atoms with van der Waals surface area (Å²) in [6, 6.07) is 0. The lowest BCUT2D eigenvalue weighted by Crippen LogP contribution is -1.91. The molecule has 0 bridgehead atoms. The van der Waals surface area contributed by atoms with Gasteiger partial charge >= 0.3 is 0 Å². The first-order valence-corrected chi connectivity index (χ1v) is 9.39. The molecule has 0 aliphatic rings. The summed E-state index contributed by atoms with van der Waals surface area (Å²) in [5, 5.41) is 0. The van der Waals surface area contributed by atoms with E-state index in [2.05, 4.69) is 6.92 Å². The van der Waals surface area contributed by atoms with Gasteiger partial charge in [0.05, 0.1) is 0 Å². The first-order chi connectivity index (χ1) is 10.3. The number of unbranched alkanes of at least 4 members (excludes halogenated alkanes) is 14. The summed E-state index contributed by atoms with van der Waals surface area (Å²) in [6.07, 6.45) is 22.2.